The summed E-state index contributed by atoms with van der Waals surface area (Å²) in [6.07, 6.45) is 9.66. The maximum atomic E-state index is 11.9. The number of allylic oxidation sites excluding steroid dienone is 5. The van der Waals surface area contributed by atoms with Gasteiger partial charge in [-0.2, -0.15) is 0 Å². The summed E-state index contributed by atoms with van der Waals surface area (Å²) in [6, 6.07) is 0. The Morgan fingerprint density at radius 1 is 1.18 bits per heavy atom. The van der Waals surface area contributed by atoms with Gasteiger partial charge >= 0.3 is 0 Å². The summed E-state index contributed by atoms with van der Waals surface area (Å²) in [7, 11) is -1.85. The lowest BCUT2D eigenvalue weighted by Gasteiger charge is -2.18. The van der Waals surface area contributed by atoms with Gasteiger partial charge in [-0.15, -0.1) is 0 Å². The maximum Gasteiger partial charge on any atom is 0.0412 e. The smallest absolute Gasteiger partial charge is 0.0412 e. The van der Waals surface area contributed by atoms with E-state index in [9.17, 15) is 4.21 Å². The Morgan fingerprint density at radius 2 is 1.71 bits per heavy atom. The molecule has 2 heteroatoms. The van der Waals surface area contributed by atoms with Gasteiger partial charge in [0.25, 0.3) is 0 Å². The van der Waals surface area contributed by atoms with Crippen molar-refractivity contribution in [3.63, 3.8) is 0 Å². The third-order valence-corrected chi connectivity index (χ3v) is 4.79. The molecule has 2 rings (SSSR count). The van der Waals surface area contributed by atoms with E-state index in [4.69, 9.17) is 0 Å². The Bertz CT molecular complexity index is 459. The summed E-state index contributed by atoms with van der Waals surface area (Å²) >= 11 is 0. The van der Waals surface area contributed by atoms with Gasteiger partial charge < -0.3 is 0 Å². The topological polar surface area (TPSA) is 17.1 Å². The Morgan fingerprint density at radius 3 is 2.29 bits per heavy atom. The van der Waals surface area contributed by atoms with Gasteiger partial charge in [0.1, 0.15) is 0 Å². The van der Waals surface area contributed by atoms with Crippen LogP contribution < -0.4 is 0 Å². The fraction of sp³-hybridized carbons (Fsp3) is 0.533. The van der Waals surface area contributed by atoms with E-state index in [-0.39, 0.29) is 5.41 Å². The Kier molecular flexibility index (Phi) is 4.42. The second kappa shape index (κ2) is 5.26. The molecule has 0 fully saturated rings. The van der Waals surface area contributed by atoms with Crippen molar-refractivity contribution in [3.05, 3.63) is 35.5 Å². The molecular weight excluding hydrogens is 228 g/mol. The molecule has 1 atom stereocenters. The highest BCUT2D eigenvalue weighted by Crippen LogP contribution is 2.29. The molecule has 0 radical (unpaired) electrons. The minimum absolute atomic E-state index is 0.111. The summed E-state index contributed by atoms with van der Waals surface area (Å²) in [6.45, 7) is 8.36. The van der Waals surface area contributed by atoms with Crippen LogP contribution in [0.1, 0.15) is 34.1 Å². The van der Waals surface area contributed by atoms with Gasteiger partial charge in [0.15, 0.2) is 0 Å². The van der Waals surface area contributed by atoms with Crippen LogP contribution in [0.5, 0.6) is 0 Å². The van der Waals surface area contributed by atoms with Gasteiger partial charge in [0, 0.05) is 16.9 Å². The van der Waals surface area contributed by atoms with E-state index in [1.807, 2.05) is 13.8 Å². The largest absolute Gasteiger partial charge is 0.268 e. The monoisotopic (exact) mass is 252 g/mol. The van der Waals surface area contributed by atoms with Crippen LogP contribution in [-0.4, -0.2) is 21.6 Å². The Labute approximate surface area is 106 Å². The van der Waals surface area contributed by atoms with Crippen molar-refractivity contribution in [1.82, 2.24) is 0 Å². The van der Waals surface area contributed by atoms with Gasteiger partial charge in [0.2, 0.25) is 0 Å². The van der Waals surface area contributed by atoms with Crippen molar-refractivity contribution in [2.75, 3.05) is 11.5 Å². The van der Waals surface area contributed by atoms with Crippen LogP contribution in [0.3, 0.4) is 0 Å². The van der Waals surface area contributed by atoms with Crippen molar-refractivity contribution in [2.24, 2.45) is 5.41 Å². The molecule has 0 aromatic carbocycles. The molecule has 1 aliphatic carbocycles. The SMILES string of the molecule is C=S1(=O)CCC2=C(C=CC(C)(C)C=C2)C1.CC. The number of hydrogen-bond acceptors (Lipinski definition) is 1. The molecule has 17 heavy (non-hydrogen) atoms. The van der Waals surface area contributed by atoms with E-state index in [1.54, 1.807) is 0 Å². The zero-order valence-electron chi connectivity index (χ0n) is 11.5. The zero-order valence-corrected chi connectivity index (χ0v) is 12.3. The van der Waals surface area contributed by atoms with Crippen LogP contribution in [0.2, 0.25) is 0 Å². The summed E-state index contributed by atoms with van der Waals surface area (Å²) in [4.78, 5) is 0. The number of rotatable bonds is 0. The van der Waals surface area contributed by atoms with Gasteiger partial charge in [-0.3, -0.25) is 4.21 Å². The molecule has 2 aliphatic rings. The minimum atomic E-state index is -1.85. The fourth-order valence-electron chi connectivity index (χ4n) is 1.94. The maximum absolute atomic E-state index is 11.9. The van der Waals surface area contributed by atoms with E-state index >= 15 is 0 Å². The fourth-order valence-corrected chi connectivity index (χ4v) is 3.52. The molecule has 1 unspecified atom stereocenters. The van der Waals surface area contributed by atoms with E-state index < -0.39 is 9.52 Å². The van der Waals surface area contributed by atoms with Crippen molar-refractivity contribution in [1.29, 1.82) is 0 Å². The normalized spacial score (nSPS) is 30.1. The summed E-state index contributed by atoms with van der Waals surface area (Å²) in [5, 5.41) is 0. The Balaban J connectivity index is 0.000000686. The van der Waals surface area contributed by atoms with Gasteiger partial charge in [0.05, 0.1) is 0 Å². The zero-order chi connectivity index (χ0) is 13.1. The quantitative estimate of drug-likeness (QED) is 0.602. The molecule has 1 aliphatic heterocycles. The predicted octanol–water partition coefficient (Wildman–Crippen LogP) is 3.58. The molecule has 0 aromatic rings. The van der Waals surface area contributed by atoms with Gasteiger partial charge in [-0.05, 0) is 33.0 Å². The van der Waals surface area contributed by atoms with Crippen LogP contribution in [0, 0.1) is 5.41 Å². The third kappa shape index (κ3) is 3.88. The molecule has 1 nitrogen and oxygen atoms in total. The molecule has 0 spiro atoms. The first-order valence-corrected chi connectivity index (χ1v) is 8.38. The lowest BCUT2D eigenvalue weighted by atomic mass is 9.93. The molecule has 0 amide bonds. The lowest BCUT2D eigenvalue weighted by molar-refractivity contribution is 0.626. The Hall–Kier alpha value is -0.760. The average molecular weight is 252 g/mol. The lowest BCUT2D eigenvalue weighted by Crippen LogP contribution is -2.18. The third-order valence-electron chi connectivity index (χ3n) is 3.00. The highest BCUT2D eigenvalue weighted by molar-refractivity contribution is 8.00. The molecule has 1 heterocycles. The van der Waals surface area contributed by atoms with E-state index in [0.717, 1.165) is 12.2 Å². The molecule has 0 N–H and O–H groups in total. The summed E-state index contributed by atoms with van der Waals surface area (Å²) in [5.41, 5.74) is 2.68. The second-order valence-corrected chi connectivity index (χ2v) is 7.73. The van der Waals surface area contributed by atoms with Crippen LogP contribution in [0.25, 0.3) is 0 Å². The van der Waals surface area contributed by atoms with E-state index in [2.05, 4.69) is 44.0 Å². The van der Waals surface area contributed by atoms with Crippen LogP contribution in [0.4, 0.5) is 0 Å². The minimum Gasteiger partial charge on any atom is -0.268 e. The highest BCUT2D eigenvalue weighted by atomic mass is 32.2. The molecular formula is C15H24OS. The highest BCUT2D eigenvalue weighted by Gasteiger charge is 2.20. The molecule has 0 saturated carbocycles. The second-order valence-electron chi connectivity index (χ2n) is 5.10. The van der Waals surface area contributed by atoms with Crippen LogP contribution in [-0.2, 0) is 9.52 Å². The van der Waals surface area contributed by atoms with Crippen molar-refractivity contribution < 1.29 is 4.21 Å². The van der Waals surface area contributed by atoms with Crippen molar-refractivity contribution in [2.45, 2.75) is 34.1 Å². The first-order chi connectivity index (χ1) is 7.88. The predicted molar refractivity (Wildman–Crippen MR) is 80.0 cm³/mol. The van der Waals surface area contributed by atoms with Gasteiger partial charge in [-0.25, -0.2) is 0 Å². The summed E-state index contributed by atoms with van der Waals surface area (Å²) in [5.74, 6) is 5.22. The summed E-state index contributed by atoms with van der Waals surface area (Å²) < 4.78 is 11.9. The first-order valence-electron chi connectivity index (χ1n) is 6.31. The molecule has 0 saturated heterocycles. The average Bonchev–Trinajstić information content (AvgIpc) is 2.40. The molecule has 0 bridgehead atoms. The van der Waals surface area contributed by atoms with Crippen LogP contribution in [0.15, 0.2) is 35.5 Å². The van der Waals surface area contributed by atoms with E-state index in [1.165, 1.54) is 11.1 Å². The first kappa shape index (κ1) is 14.3. The van der Waals surface area contributed by atoms with Crippen molar-refractivity contribution in [3.8, 4) is 0 Å². The van der Waals surface area contributed by atoms with Crippen LogP contribution >= 0.6 is 0 Å². The standard InChI is InChI=1S/C13H18OS.C2H6/c1-13(2)7-4-11-6-9-15(3,14)10-12(11)5-8-13;1-2/h4-5,7-8H,3,6,9-10H2,1-2H3;1-2H3. The number of hydrogen-bond donors (Lipinski definition) is 0. The van der Waals surface area contributed by atoms with Crippen molar-refractivity contribution >= 4 is 15.4 Å². The van der Waals surface area contributed by atoms with Gasteiger partial charge in [-0.1, -0.05) is 52.0 Å². The van der Waals surface area contributed by atoms with E-state index in [0.29, 0.717) is 5.75 Å². The molecule has 0 aromatic heterocycles. The molecule has 96 valence electrons.